The van der Waals surface area contributed by atoms with Crippen molar-refractivity contribution in [1.82, 2.24) is 57.4 Å². The zero-order valence-electron chi connectivity index (χ0n) is 60.4. The van der Waals surface area contributed by atoms with Crippen LogP contribution >= 0.6 is 11.6 Å². The maximum atomic E-state index is 15.3. The molecule has 0 aliphatic carbocycles. The van der Waals surface area contributed by atoms with E-state index < -0.39 is 145 Å². The molecule has 0 radical (unpaired) electrons. The van der Waals surface area contributed by atoms with Gasteiger partial charge in [0.2, 0.25) is 59.1 Å². The fourth-order valence-electron chi connectivity index (χ4n) is 12.0. The minimum Gasteiger partial charge on any atom is -0.508 e. The number of rotatable bonds is 37. The number of benzene rings is 4. The number of para-hydroxylation sites is 2. The van der Waals surface area contributed by atoms with E-state index in [1.807, 2.05) is 0 Å². The number of anilines is 1. The fraction of sp³-hybridized carbons (Fsp3) is 0.437. The minimum atomic E-state index is -2.03. The molecule has 10 atom stereocenters. The maximum Gasteiger partial charge on any atom is 0.250 e. The molecular formula is C71H94ClN17O13. The third-order valence-electron chi connectivity index (χ3n) is 17.4. The number of carbonyl (C=O) groups is 11. The second-order valence-corrected chi connectivity index (χ2v) is 26.0. The highest BCUT2D eigenvalue weighted by atomic mass is 35.5. The van der Waals surface area contributed by atoms with Crippen molar-refractivity contribution in [2.75, 3.05) is 31.1 Å². The molecule has 30 nitrogen and oxygen atoms in total. The number of unbranched alkanes of at least 4 members (excludes halogenated alkanes) is 1. The van der Waals surface area contributed by atoms with E-state index in [0.29, 0.717) is 51.1 Å². The molecule has 1 saturated heterocycles. The summed E-state index contributed by atoms with van der Waals surface area (Å²) in [6.45, 7) is 4.54. The number of aromatic amines is 2. The largest absolute Gasteiger partial charge is 0.508 e. The van der Waals surface area contributed by atoms with Gasteiger partial charge in [-0.2, -0.15) is 0 Å². The van der Waals surface area contributed by atoms with Crippen LogP contribution in [-0.2, 0) is 72.0 Å². The summed E-state index contributed by atoms with van der Waals surface area (Å²) in [6, 6.07) is 10.3. The molecular weight excluding hydrogens is 1330 g/mol. The summed E-state index contributed by atoms with van der Waals surface area (Å²) < 4.78 is 26.2. The number of aliphatic imine (C=N–C) groups is 1. The number of aromatic hydroxyl groups is 1. The van der Waals surface area contributed by atoms with Crippen LogP contribution in [0.2, 0.25) is 7.85 Å². The first-order valence-electron chi connectivity index (χ1n) is 35.3. The van der Waals surface area contributed by atoms with E-state index in [0.717, 1.165) is 4.90 Å². The first-order valence-corrected chi connectivity index (χ1v) is 34.1. The number of hydrogen-bond donors (Lipinski definition) is 16. The lowest BCUT2D eigenvalue weighted by Gasteiger charge is -2.33. The van der Waals surface area contributed by atoms with Gasteiger partial charge in [-0.15, -0.1) is 0 Å². The number of guanidine groups is 1. The Balaban J connectivity index is 1.16. The van der Waals surface area contributed by atoms with Gasteiger partial charge in [0.05, 0.1) is 6.61 Å². The number of nitrogens with one attached hydrogen (secondary N) is 10. The summed E-state index contributed by atoms with van der Waals surface area (Å²) in [5.74, 6) is -11.0. The van der Waals surface area contributed by atoms with Crippen molar-refractivity contribution >= 4 is 110 Å². The maximum absolute atomic E-state index is 15.3. The Morgan fingerprint density at radius 3 is 1.80 bits per heavy atom. The zero-order chi connectivity index (χ0) is 76.8. The number of likely N-dealkylation sites (tertiary alicyclic amines) is 1. The second kappa shape index (κ2) is 37.7. The summed E-state index contributed by atoms with van der Waals surface area (Å²) in [5, 5.41) is 39.3. The molecule has 1 fully saturated rings. The number of phenols is 1. The van der Waals surface area contributed by atoms with Crippen LogP contribution < -0.4 is 70.4 Å². The smallest absolute Gasteiger partial charge is 0.250 e. The molecule has 0 unspecified atom stereocenters. The second-order valence-electron chi connectivity index (χ2n) is 25.6. The van der Waals surface area contributed by atoms with Crippen LogP contribution in [0.3, 0.4) is 0 Å². The van der Waals surface area contributed by atoms with E-state index in [4.69, 9.17) is 37.3 Å². The van der Waals surface area contributed by atoms with Crippen molar-refractivity contribution in [3.05, 3.63) is 131 Å². The van der Waals surface area contributed by atoms with Crippen LogP contribution in [0.25, 0.3) is 21.8 Å². The minimum absolute atomic E-state index is 0.00847. The number of amides is 11. The van der Waals surface area contributed by atoms with Crippen LogP contribution in [0.4, 0.5) is 5.69 Å². The SMILES string of the molecule is [2H]CC(=O)N([2H])[C@@H](Cc1c[nH]c2ccccc12)C(=O)N(c1ccc(Cl)cc1)[C@@H](C)C(=O)N[C@H](Cc1c[nH]c2ccccc12)C(=O)N[C@@H](CO)C(=O)N([2H])[C@@H](Cc1ccc(O)cc1)C(=O)N[C@@H](CCCCN)C(=O)N[C@@H](CC(C)C)C(=O)N[C@@H](CCCN=C(N)N)C(=O)N1CCC[C@H]1C(=O)N[C@H](C)C(N)=O. The summed E-state index contributed by atoms with van der Waals surface area (Å²) in [7, 11) is 0. The van der Waals surface area contributed by atoms with E-state index >= 15 is 19.2 Å². The van der Waals surface area contributed by atoms with Crippen LogP contribution in [-0.4, -0.2) is 183 Å². The Morgan fingerprint density at radius 2 is 1.21 bits per heavy atom. The molecule has 4 aromatic carbocycles. The molecule has 0 bridgehead atoms. The highest BCUT2D eigenvalue weighted by Gasteiger charge is 2.41. The molecule has 1 aliphatic rings. The van der Waals surface area contributed by atoms with Crippen molar-refractivity contribution in [2.24, 2.45) is 33.8 Å². The summed E-state index contributed by atoms with van der Waals surface area (Å²) in [5.41, 5.74) is 25.1. The number of aliphatic hydroxyl groups excluding tert-OH is 1. The Bertz CT molecular complexity index is 4070. The van der Waals surface area contributed by atoms with Crippen molar-refractivity contribution in [3.63, 3.8) is 0 Å². The molecule has 548 valence electrons. The predicted molar refractivity (Wildman–Crippen MR) is 384 cm³/mol. The molecule has 0 saturated carbocycles. The van der Waals surface area contributed by atoms with Gasteiger partial charge in [0.15, 0.2) is 8.78 Å². The summed E-state index contributed by atoms with van der Waals surface area (Å²) in [6.07, 6.45) is 3.43. The highest BCUT2D eigenvalue weighted by molar-refractivity contribution is 6.30. The topological polar surface area (TPSA) is 479 Å². The van der Waals surface area contributed by atoms with Gasteiger partial charge < -0.3 is 90.5 Å². The Kier molecular flexibility index (Phi) is 27.4. The number of fused-ring (bicyclic) bond motifs is 2. The van der Waals surface area contributed by atoms with Gasteiger partial charge >= 0.3 is 0 Å². The highest BCUT2D eigenvalue weighted by Crippen LogP contribution is 2.27. The number of carbonyl (C=O) groups excluding carboxylic acids is 11. The van der Waals surface area contributed by atoms with E-state index in [-0.39, 0.29) is 110 Å². The number of hydrogen-bond acceptors (Lipinski definition) is 15. The van der Waals surface area contributed by atoms with Crippen LogP contribution in [0.15, 0.2) is 114 Å². The number of primary amides is 1. The summed E-state index contributed by atoms with van der Waals surface area (Å²) in [4.78, 5) is 170. The van der Waals surface area contributed by atoms with Gasteiger partial charge in [-0.1, -0.05) is 74.0 Å². The lowest BCUT2D eigenvalue weighted by molar-refractivity contribution is -0.142. The van der Waals surface area contributed by atoms with E-state index in [2.05, 4.69) is 46.9 Å². The Morgan fingerprint density at radius 1 is 0.647 bits per heavy atom. The first-order chi connectivity index (χ1) is 50.0. The molecule has 3 heterocycles. The lowest BCUT2D eigenvalue weighted by Crippen LogP contribution is -2.61. The molecule has 1 aliphatic heterocycles. The molecule has 2 aromatic heterocycles. The fourth-order valence-corrected chi connectivity index (χ4v) is 12.1. The number of halogens is 1. The third-order valence-corrected chi connectivity index (χ3v) is 17.6. The monoisotopic (exact) mass is 1430 g/mol. The van der Waals surface area contributed by atoms with E-state index in [1.165, 1.54) is 67.3 Å². The summed E-state index contributed by atoms with van der Waals surface area (Å²) >= 11 is 6.32. The Hall–Kier alpha value is -10.6. The molecule has 11 amide bonds. The van der Waals surface area contributed by atoms with Crippen molar-refractivity contribution in [3.8, 4) is 5.75 Å². The molecule has 6 aromatic rings. The number of nitrogens with zero attached hydrogens (tertiary/aromatic N) is 3. The standard InChI is InChI=1S/C71H94ClN17O13/c1-39(2)32-55(64(96)83-54(19-12-30-77-71(75)76)69(101)88-31-13-20-60(88)68(100)80-40(3)61(74)93)85-63(95)53(18-10-11-29-73)82-65(97)56(33-43-21-27-48(92)28-22-43)86-67(99)59(38-90)87-66(98)57(34-44-36-78-51-16-8-6-14-49(44)51)84-62(94)41(4)89(47-25-23-46(72)24-26-47)70(102)58(81-42(5)91)35-45-37-79-52-17-9-7-15-50(45)52/h6-9,14-17,21-28,36-37,39-41,53-60,78-79,90,92H,10-13,18-20,29-35,38,73H2,1-5H3,(H2,74,93)(H,80,100)(H,81,91)(H,82,97)(H,83,96)(H,84,94)(H,85,95)(H,86,99)(H,87,98)(H4,75,76,77)/t40-,41+,53+,54+,55+,56+,57-,58+,59+,60+/m1/s1/i5D/hD2. The molecule has 7 rings (SSSR count). The Labute approximate surface area is 599 Å². The molecule has 102 heavy (non-hydrogen) atoms. The molecule has 20 N–H and O–H groups in total. The van der Waals surface area contributed by atoms with Gasteiger partial charge in [-0.05, 0) is 143 Å². The van der Waals surface area contributed by atoms with Crippen molar-refractivity contribution in [2.45, 2.75) is 166 Å². The number of aliphatic hydroxyl groups is 1. The predicted octanol–water partition coefficient (Wildman–Crippen LogP) is 1.07. The van der Waals surface area contributed by atoms with Gasteiger partial charge in [0.25, 0.3) is 5.91 Å². The zero-order valence-corrected chi connectivity index (χ0v) is 58.1. The molecule has 0 spiro atoms. The van der Waals surface area contributed by atoms with Crippen LogP contribution in [0.5, 0.6) is 5.75 Å². The van der Waals surface area contributed by atoms with Crippen LogP contribution in [0, 0.1) is 5.92 Å². The number of nitrogens with two attached hydrogens (primary N) is 4. The lowest BCUT2D eigenvalue weighted by atomic mass is 10.00. The van der Waals surface area contributed by atoms with E-state index in [1.54, 1.807) is 74.8 Å². The third kappa shape index (κ3) is 22.2. The van der Waals surface area contributed by atoms with Crippen LogP contribution in [0.1, 0.15) is 104 Å². The number of H-pyrrole nitrogens is 2. The normalized spacial score (nSPS) is 15.8. The van der Waals surface area contributed by atoms with Crippen molar-refractivity contribution in [1.29, 1.82) is 0 Å². The first kappa shape index (κ1) is 74.1. The van der Waals surface area contributed by atoms with Crippen molar-refractivity contribution < 1.29 is 67.1 Å². The average Bonchev–Trinajstić information content (AvgIpc) is 1.33. The molecule has 31 heteroatoms. The number of aromatic nitrogens is 2. The van der Waals surface area contributed by atoms with Gasteiger partial charge in [0.1, 0.15) is 66.2 Å². The van der Waals surface area contributed by atoms with E-state index in [9.17, 15) is 45.2 Å². The quantitative estimate of drug-likeness (QED) is 0.0147. The van der Waals surface area contributed by atoms with Gasteiger partial charge in [0, 0.05) is 85.5 Å². The average molecular weight is 1430 g/mol. The number of phenolic OH excluding ortho intramolecular Hbond substituents is 1. The van der Waals surface area contributed by atoms with Gasteiger partial charge in [-0.3, -0.25) is 62.6 Å². The van der Waals surface area contributed by atoms with Gasteiger partial charge in [-0.25, -0.2) is 0 Å².